The van der Waals surface area contributed by atoms with E-state index in [2.05, 4.69) is 41.4 Å². The molecule has 4 heteroatoms. The average Bonchev–Trinajstić information content (AvgIpc) is 2.63. The molecule has 2 atom stereocenters. The van der Waals surface area contributed by atoms with Crippen molar-refractivity contribution in [2.45, 2.75) is 51.2 Å². The predicted molar refractivity (Wildman–Crippen MR) is 95.9 cm³/mol. The molecule has 24 heavy (non-hydrogen) atoms. The van der Waals surface area contributed by atoms with Gasteiger partial charge in [-0.15, -0.1) is 0 Å². The standard InChI is InChI=1S/C20H30N2O2/c1-16-15-18(7-11-21-16)20(23)22-12-8-19(9-13-22)24-14-10-17-5-3-2-4-6-17/h2-6,16,18-19,21H,7-15H2,1H3/t16-,18-/m0/s1. The minimum atomic E-state index is 0.219. The lowest BCUT2D eigenvalue weighted by molar-refractivity contribution is -0.139. The summed E-state index contributed by atoms with van der Waals surface area (Å²) in [6.45, 7) is 5.62. The van der Waals surface area contributed by atoms with Crippen LogP contribution < -0.4 is 5.32 Å². The number of nitrogens with zero attached hydrogens (tertiary/aromatic N) is 1. The minimum Gasteiger partial charge on any atom is -0.378 e. The number of carbonyl (C=O) groups is 1. The molecule has 0 spiro atoms. The van der Waals surface area contributed by atoms with Crippen LogP contribution in [0.2, 0.25) is 0 Å². The molecule has 2 saturated heterocycles. The Morgan fingerprint density at radius 1 is 1.21 bits per heavy atom. The van der Waals surface area contributed by atoms with E-state index in [1.165, 1.54) is 5.56 Å². The molecular weight excluding hydrogens is 300 g/mol. The summed E-state index contributed by atoms with van der Waals surface area (Å²) in [4.78, 5) is 14.7. The summed E-state index contributed by atoms with van der Waals surface area (Å²) in [6, 6.07) is 10.9. The van der Waals surface area contributed by atoms with Gasteiger partial charge in [-0.2, -0.15) is 0 Å². The maximum absolute atomic E-state index is 12.7. The second-order valence-corrected chi connectivity index (χ2v) is 7.21. The van der Waals surface area contributed by atoms with E-state index < -0.39 is 0 Å². The topological polar surface area (TPSA) is 41.6 Å². The molecule has 3 rings (SSSR count). The van der Waals surface area contributed by atoms with Gasteiger partial charge < -0.3 is 15.0 Å². The molecule has 1 aromatic rings. The number of ether oxygens (including phenoxy) is 1. The molecule has 1 aromatic carbocycles. The van der Waals surface area contributed by atoms with Crippen LogP contribution in [-0.2, 0) is 16.0 Å². The van der Waals surface area contributed by atoms with Gasteiger partial charge in [0.1, 0.15) is 0 Å². The van der Waals surface area contributed by atoms with Gasteiger partial charge in [0.2, 0.25) is 5.91 Å². The maximum atomic E-state index is 12.7. The van der Waals surface area contributed by atoms with Crippen molar-refractivity contribution in [2.75, 3.05) is 26.2 Å². The molecule has 0 radical (unpaired) electrons. The quantitative estimate of drug-likeness (QED) is 0.902. The van der Waals surface area contributed by atoms with E-state index in [0.717, 1.165) is 58.3 Å². The number of likely N-dealkylation sites (tertiary alicyclic amines) is 1. The maximum Gasteiger partial charge on any atom is 0.225 e. The number of hydrogen-bond acceptors (Lipinski definition) is 3. The molecule has 2 fully saturated rings. The molecule has 1 N–H and O–H groups in total. The zero-order chi connectivity index (χ0) is 16.8. The number of rotatable bonds is 5. The van der Waals surface area contributed by atoms with Crippen LogP contribution in [-0.4, -0.2) is 49.2 Å². The van der Waals surface area contributed by atoms with E-state index in [1.807, 2.05) is 6.07 Å². The third-order valence-electron chi connectivity index (χ3n) is 5.31. The van der Waals surface area contributed by atoms with Crippen LogP contribution in [0.25, 0.3) is 0 Å². The predicted octanol–water partition coefficient (Wildman–Crippen LogP) is 2.62. The third kappa shape index (κ3) is 4.81. The summed E-state index contributed by atoms with van der Waals surface area (Å²) < 4.78 is 6.03. The van der Waals surface area contributed by atoms with Crippen molar-refractivity contribution < 1.29 is 9.53 Å². The van der Waals surface area contributed by atoms with Crippen LogP contribution in [0.1, 0.15) is 38.2 Å². The Bertz CT molecular complexity index is 512. The van der Waals surface area contributed by atoms with E-state index in [9.17, 15) is 4.79 Å². The highest BCUT2D eigenvalue weighted by Crippen LogP contribution is 2.22. The Morgan fingerprint density at radius 3 is 2.67 bits per heavy atom. The van der Waals surface area contributed by atoms with Gasteiger partial charge in [-0.3, -0.25) is 4.79 Å². The Kier molecular flexibility index (Phi) is 6.27. The molecule has 2 aliphatic heterocycles. The molecule has 1 amide bonds. The number of carbonyl (C=O) groups excluding carboxylic acids is 1. The van der Waals surface area contributed by atoms with Crippen LogP contribution in [0.3, 0.4) is 0 Å². The second kappa shape index (κ2) is 8.63. The number of nitrogens with one attached hydrogen (secondary N) is 1. The first kappa shape index (κ1) is 17.4. The Labute approximate surface area is 145 Å². The normalized spacial score (nSPS) is 25.6. The monoisotopic (exact) mass is 330 g/mol. The summed E-state index contributed by atoms with van der Waals surface area (Å²) in [5.74, 6) is 0.586. The molecule has 0 unspecified atom stereocenters. The zero-order valence-electron chi connectivity index (χ0n) is 14.7. The molecule has 4 nitrogen and oxygen atoms in total. The van der Waals surface area contributed by atoms with Gasteiger partial charge in [-0.25, -0.2) is 0 Å². The summed E-state index contributed by atoms with van der Waals surface area (Å²) in [6.07, 6.45) is 5.18. The molecule has 0 aliphatic carbocycles. The molecule has 2 aliphatic rings. The summed E-state index contributed by atoms with van der Waals surface area (Å²) >= 11 is 0. The summed E-state index contributed by atoms with van der Waals surface area (Å²) in [5, 5.41) is 3.42. The fourth-order valence-corrected chi connectivity index (χ4v) is 3.85. The Balaban J connectivity index is 1.37. The molecule has 2 heterocycles. The van der Waals surface area contributed by atoms with Crippen molar-refractivity contribution in [3.05, 3.63) is 35.9 Å². The van der Waals surface area contributed by atoms with E-state index in [4.69, 9.17) is 4.74 Å². The van der Waals surface area contributed by atoms with Crippen LogP contribution in [0.5, 0.6) is 0 Å². The van der Waals surface area contributed by atoms with E-state index in [1.54, 1.807) is 0 Å². The fraction of sp³-hybridized carbons (Fsp3) is 0.650. The van der Waals surface area contributed by atoms with Crippen molar-refractivity contribution >= 4 is 5.91 Å². The smallest absolute Gasteiger partial charge is 0.225 e. The molecule has 132 valence electrons. The van der Waals surface area contributed by atoms with Crippen molar-refractivity contribution in [1.82, 2.24) is 10.2 Å². The van der Waals surface area contributed by atoms with Crippen molar-refractivity contribution in [1.29, 1.82) is 0 Å². The molecular formula is C20H30N2O2. The van der Waals surface area contributed by atoms with Crippen molar-refractivity contribution in [2.24, 2.45) is 5.92 Å². The van der Waals surface area contributed by atoms with Crippen LogP contribution >= 0.6 is 0 Å². The summed E-state index contributed by atoms with van der Waals surface area (Å²) in [7, 11) is 0. The lowest BCUT2D eigenvalue weighted by Gasteiger charge is -2.36. The highest BCUT2D eigenvalue weighted by molar-refractivity contribution is 5.79. The van der Waals surface area contributed by atoms with Crippen LogP contribution in [0, 0.1) is 5.92 Å². The zero-order valence-corrected chi connectivity index (χ0v) is 14.7. The van der Waals surface area contributed by atoms with Crippen LogP contribution in [0.15, 0.2) is 30.3 Å². The van der Waals surface area contributed by atoms with Gasteiger partial charge in [0.05, 0.1) is 12.7 Å². The van der Waals surface area contributed by atoms with Gasteiger partial charge in [0, 0.05) is 25.0 Å². The highest BCUT2D eigenvalue weighted by Gasteiger charge is 2.30. The third-order valence-corrected chi connectivity index (χ3v) is 5.31. The van der Waals surface area contributed by atoms with Gasteiger partial charge >= 0.3 is 0 Å². The van der Waals surface area contributed by atoms with E-state index in [-0.39, 0.29) is 5.92 Å². The van der Waals surface area contributed by atoms with Gasteiger partial charge in [0.15, 0.2) is 0 Å². The van der Waals surface area contributed by atoms with Crippen molar-refractivity contribution in [3.8, 4) is 0 Å². The molecule has 0 bridgehead atoms. The van der Waals surface area contributed by atoms with Crippen molar-refractivity contribution in [3.63, 3.8) is 0 Å². The van der Waals surface area contributed by atoms with Crippen LogP contribution in [0.4, 0.5) is 0 Å². The summed E-state index contributed by atoms with van der Waals surface area (Å²) in [5.41, 5.74) is 1.32. The first-order valence-electron chi connectivity index (χ1n) is 9.40. The Hall–Kier alpha value is -1.39. The second-order valence-electron chi connectivity index (χ2n) is 7.21. The number of piperidine rings is 2. The first-order chi connectivity index (χ1) is 11.7. The number of benzene rings is 1. The first-order valence-corrected chi connectivity index (χ1v) is 9.40. The van der Waals surface area contributed by atoms with Gasteiger partial charge in [-0.05, 0) is 51.1 Å². The van der Waals surface area contributed by atoms with Gasteiger partial charge in [0.25, 0.3) is 0 Å². The highest BCUT2D eigenvalue weighted by atomic mass is 16.5. The fourth-order valence-electron chi connectivity index (χ4n) is 3.85. The average molecular weight is 330 g/mol. The van der Waals surface area contributed by atoms with E-state index >= 15 is 0 Å². The SMILES string of the molecule is C[C@H]1C[C@@H](C(=O)N2CCC(OCCc3ccccc3)CC2)CCN1. The largest absolute Gasteiger partial charge is 0.378 e. The minimum absolute atomic E-state index is 0.219. The Morgan fingerprint density at radius 2 is 1.96 bits per heavy atom. The molecule has 0 saturated carbocycles. The molecule has 0 aromatic heterocycles. The van der Waals surface area contributed by atoms with Gasteiger partial charge in [-0.1, -0.05) is 30.3 Å². The lowest BCUT2D eigenvalue weighted by Crippen LogP contribution is -2.47. The van der Waals surface area contributed by atoms with E-state index in [0.29, 0.717) is 18.1 Å². The number of hydrogen-bond donors (Lipinski definition) is 1. The lowest BCUT2D eigenvalue weighted by atomic mass is 9.91. The number of amides is 1.